The normalized spacial score (nSPS) is 39.6. The van der Waals surface area contributed by atoms with E-state index in [1.54, 1.807) is 0 Å². The molecule has 0 aromatic rings. The van der Waals surface area contributed by atoms with Crippen LogP contribution in [0, 0.1) is 11.8 Å². The van der Waals surface area contributed by atoms with Gasteiger partial charge >= 0.3 is 6.09 Å². The van der Waals surface area contributed by atoms with E-state index < -0.39 is 0 Å². The molecule has 4 bridgehead atoms. The highest BCUT2D eigenvalue weighted by atomic mass is 16.6. The number of nitrogens with zero attached hydrogens (tertiary/aromatic N) is 1. The van der Waals surface area contributed by atoms with Gasteiger partial charge in [0.15, 0.2) is 0 Å². The fourth-order valence-corrected chi connectivity index (χ4v) is 3.64. The third kappa shape index (κ3) is 1.92. The number of carbonyl (C=O) groups is 1. The average molecular weight is 238 g/mol. The van der Waals surface area contributed by atoms with Crippen LogP contribution in [0.3, 0.4) is 0 Å². The number of piperidine rings is 2. The van der Waals surface area contributed by atoms with Gasteiger partial charge in [-0.1, -0.05) is 0 Å². The van der Waals surface area contributed by atoms with Crippen LogP contribution in [0.1, 0.15) is 33.6 Å². The predicted octanol–water partition coefficient (Wildman–Crippen LogP) is 1.60. The minimum Gasteiger partial charge on any atom is -0.444 e. The van der Waals surface area contributed by atoms with E-state index in [9.17, 15) is 4.79 Å². The standard InChI is InChI=1S/C13H22N2O2/c1-13(2,3)17-12(16)15-7-10-8-4-9(15)5-11(10)14-6-8/h8-11,14H,4-7H2,1-3H3. The first-order chi connectivity index (χ1) is 7.94. The Kier molecular flexibility index (Phi) is 2.41. The van der Waals surface area contributed by atoms with Gasteiger partial charge in [0, 0.05) is 18.6 Å². The van der Waals surface area contributed by atoms with Crippen LogP contribution in [0.2, 0.25) is 0 Å². The topological polar surface area (TPSA) is 41.6 Å². The minimum absolute atomic E-state index is 0.119. The van der Waals surface area contributed by atoms with E-state index in [-0.39, 0.29) is 11.7 Å². The number of carbonyl (C=O) groups excluding carboxylic acids is 1. The third-order valence-electron chi connectivity index (χ3n) is 4.34. The number of nitrogens with one attached hydrogen (secondary N) is 1. The van der Waals surface area contributed by atoms with Gasteiger partial charge in [0.25, 0.3) is 0 Å². The van der Waals surface area contributed by atoms with E-state index in [1.807, 2.05) is 25.7 Å². The summed E-state index contributed by atoms with van der Waals surface area (Å²) in [6.45, 7) is 7.82. The van der Waals surface area contributed by atoms with Crippen LogP contribution in [0.4, 0.5) is 4.79 Å². The Morgan fingerprint density at radius 2 is 2.12 bits per heavy atom. The Labute approximate surface area is 103 Å². The Morgan fingerprint density at radius 3 is 2.71 bits per heavy atom. The van der Waals surface area contributed by atoms with Crippen LogP contribution in [0.15, 0.2) is 0 Å². The van der Waals surface area contributed by atoms with Crippen LogP contribution in [0.25, 0.3) is 0 Å². The summed E-state index contributed by atoms with van der Waals surface area (Å²) in [6, 6.07) is 1.05. The van der Waals surface area contributed by atoms with Gasteiger partial charge in [0.2, 0.25) is 0 Å². The molecule has 96 valence electrons. The zero-order valence-electron chi connectivity index (χ0n) is 10.9. The van der Waals surface area contributed by atoms with E-state index in [1.165, 1.54) is 0 Å². The molecule has 1 aliphatic carbocycles. The second-order valence-electron chi connectivity index (χ2n) is 6.70. The van der Waals surface area contributed by atoms with Crippen molar-refractivity contribution in [3.8, 4) is 0 Å². The van der Waals surface area contributed by atoms with E-state index in [4.69, 9.17) is 4.74 Å². The lowest BCUT2D eigenvalue weighted by Crippen LogP contribution is -2.58. The Balaban J connectivity index is 1.69. The molecule has 4 nitrogen and oxygen atoms in total. The maximum atomic E-state index is 12.1. The second-order valence-corrected chi connectivity index (χ2v) is 6.70. The van der Waals surface area contributed by atoms with Crippen LogP contribution < -0.4 is 5.32 Å². The highest BCUT2D eigenvalue weighted by Gasteiger charge is 2.51. The molecule has 4 unspecified atom stereocenters. The van der Waals surface area contributed by atoms with Gasteiger partial charge < -0.3 is 15.0 Å². The van der Waals surface area contributed by atoms with Gasteiger partial charge in [0.1, 0.15) is 5.60 Å². The third-order valence-corrected chi connectivity index (χ3v) is 4.34. The van der Waals surface area contributed by atoms with Crippen molar-refractivity contribution in [3.63, 3.8) is 0 Å². The minimum atomic E-state index is -0.384. The van der Waals surface area contributed by atoms with Gasteiger partial charge in [-0.25, -0.2) is 4.79 Å². The van der Waals surface area contributed by atoms with Gasteiger partial charge in [-0.05, 0) is 52.0 Å². The summed E-state index contributed by atoms with van der Waals surface area (Å²) in [5.41, 5.74) is -0.384. The molecule has 17 heavy (non-hydrogen) atoms. The molecule has 3 heterocycles. The molecule has 1 amide bonds. The molecule has 3 aliphatic heterocycles. The van der Waals surface area contributed by atoms with Gasteiger partial charge in [-0.3, -0.25) is 0 Å². The van der Waals surface area contributed by atoms with Crippen molar-refractivity contribution in [1.29, 1.82) is 0 Å². The molecule has 0 aromatic carbocycles. The van der Waals surface area contributed by atoms with Crippen molar-refractivity contribution in [1.82, 2.24) is 10.2 Å². The monoisotopic (exact) mass is 238 g/mol. The Bertz CT molecular complexity index is 323. The van der Waals surface area contributed by atoms with Crippen molar-refractivity contribution < 1.29 is 9.53 Å². The lowest BCUT2D eigenvalue weighted by molar-refractivity contribution is -0.0229. The van der Waals surface area contributed by atoms with Gasteiger partial charge in [-0.15, -0.1) is 0 Å². The van der Waals surface area contributed by atoms with Crippen LogP contribution in [-0.2, 0) is 4.74 Å². The highest BCUT2D eigenvalue weighted by Crippen LogP contribution is 2.43. The number of rotatable bonds is 0. The Hall–Kier alpha value is -0.770. The van der Waals surface area contributed by atoms with Gasteiger partial charge in [0.05, 0.1) is 0 Å². The SMILES string of the molecule is CC(C)(C)OC(=O)N1CC2C3CNC2CC1C3. The van der Waals surface area contributed by atoms with Crippen LogP contribution in [-0.4, -0.2) is 41.8 Å². The summed E-state index contributed by atoms with van der Waals surface area (Å²) in [6.07, 6.45) is 2.15. The number of fused-ring (bicyclic) bond motifs is 1. The maximum absolute atomic E-state index is 12.1. The number of amides is 1. The zero-order chi connectivity index (χ0) is 12.2. The predicted molar refractivity (Wildman–Crippen MR) is 64.7 cm³/mol. The van der Waals surface area contributed by atoms with Crippen LogP contribution >= 0.6 is 0 Å². The number of hydrogen-bond acceptors (Lipinski definition) is 3. The molecular weight excluding hydrogens is 216 g/mol. The van der Waals surface area contributed by atoms with E-state index in [0.717, 1.165) is 31.8 Å². The zero-order valence-corrected chi connectivity index (χ0v) is 10.9. The highest BCUT2D eigenvalue weighted by molar-refractivity contribution is 5.69. The fourth-order valence-electron chi connectivity index (χ4n) is 3.64. The van der Waals surface area contributed by atoms with Crippen LogP contribution in [0.5, 0.6) is 0 Å². The molecule has 4 heteroatoms. The molecule has 4 aliphatic rings. The molecule has 1 saturated carbocycles. The molecule has 4 atom stereocenters. The first-order valence-corrected chi connectivity index (χ1v) is 6.67. The van der Waals surface area contributed by atoms with Gasteiger partial charge in [-0.2, -0.15) is 0 Å². The fraction of sp³-hybridized carbons (Fsp3) is 0.923. The van der Waals surface area contributed by atoms with E-state index in [2.05, 4.69) is 5.32 Å². The van der Waals surface area contributed by atoms with E-state index >= 15 is 0 Å². The number of ether oxygens (including phenoxy) is 1. The van der Waals surface area contributed by atoms with Crippen molar-refractivity contribution in [3.05, 3.63) is 0 Å². The van der Waals surface area contributed by atoms with Crippen molar-refractivity contribution >= 4 is 6.09 Å². The van der Waals surface area contributed by atoms with E-state index in [0.29, 0.717) is 18.0 Å². The molecule has 0 aromatic heterocycles. The van der Waals surface area contributed by atoms with Crippen molar-refractivity contribution in [2.75, 3.05) is 13.1 Å². The lowest BCUT2D eigenvalue weighted by Gasteiger charge is -2.48. The molecule has 1 N–H and O–H groups in total. The molecule has 0 spiro atoms. The van der Waals surface area contributed by atoms with Crippen molar-refractivity contribution in [2.45, 2.75) is 51.3 Å². The largest absolute Gasteiger partial charge is 0.444 e. The summed E-state index contributed by atoms with van der Waals surface area (Å²) in [4.78, 5) is 14.1. The summed E-state index contributed by atoms with van der Waals surface area (Å²) in [5.74, 6) is 1.45. The lowest BCUT2D eigenvalue weighted by atomic mass is 9.72. The molecule has 4 fully saturated rings. The first kappa shape index (κ1) is 11.3. The average Bonchev–Trinajstić information content (AvgIpc) is 2.50. The second kappa shape index (κ2) is 3.61. The molecule has 4 rings (SSSR count). The van der Waals surface area contributed by atoms with Crippen molar-refractivity contribution in [2.24, 2.45) is 11.8 Å². The summed E-state index contributed by atoms with van der Waals surface area (Å²) in [7, 11) is 0. The number of hydrogen-bond donors (Lipinski definition) is 1. The molecule has 3 saturated heterocycles. The first-order valence-electron chi connectivity index (χ1n) is 6.67. The maximum Gasteiger partial charge on any atom is 0.410 e. The summed E-state index contributed by atoms with van der Waals surface area (Å²) >= 11 is 0. The molecule has 0 radical (unpaired) electrons. The quantitative estimate of drug-likeness (QED) is 0.697. The Morgan fingerprint density at radius 1 is 1.35 bits per heavy atom. The summed E-state index contributed by atoms with van der Waals surface area (Å²) in [5, 5.41) is 3.58. The smallest absolute Gasteiger partial charge is 0.410 e. The molecular formula is C13H22N2O2. The summed E-state index contributed by atoms with van der Waals surface area (Å²) < 4.78 is 5.49.